The van der Waals surface area contributed by atoms with Gasteiger partial charge >= 0.3 is 0 Å². The Morgan fingerprint density at radius 3 is 2.61 bits per heavy atom. The number of nitrogens with one attached hydrogen (secondary N) is 1. The van der Waals surface area contributed by atoms with E-state index in [9.17, 15) is 5.11 Å². The highest BCUT2D eigenvalue weighted by Gasteiger charge is 2.14. The van der Waals surface area contributed by atoms with Crippen LogP contribution < -0.4 is 11.1 Å². The van der Waals surface area contributed by atoms with E-state index >= 15 is 0 Å². The van der Waals surface area contributed by atoms with Gasteiger partial charge in [-0.25, -0.2) is 9.97 Å². The van der Waals surface area contributed by atoms with Crippen molar-refractivity contribution < 1.29 is 5.11 Å². The number of aliphatic hydroxyl groups is 1. The minimum atomic E-state index is -0.0748. The molecule has 0 saturated carbocycles. The number of aromatic nitrogens is 2. The predicted molar refractivity (Wildman–Crippen MR) is 97.0 cm³/mol. The first kappa shape index (κ1) is 17.3. The average molecular weight is 351 g/mol. The zero-order chi connectivity index (χ0) is 17.0. The first-order valence-electron chi connectivity index (χ1n) is 6.81. The quantitative estimate of drug-likeness (QED) is 0.542. The largest absolute Gasteiger partial charge is 0.507 e. The third kappa shape index (κ3) is 3.64. The Balaban J connectivity index is 2.78. The summed E-state index contributed by atoms with van der Waals surface area (Å²) in [5.74, 6) is 0.721. The van der Waals surface area contributed by atoms with Gasteiger partial charge in [-0.15, -0.1) is 0 Å². The summed E-state index contributed by atoms with van der Waals surface area (Å²) in [5.41, 5.74) is 6.40. The molecule has 0 fully saturated rings. The number of nitrogens with zero attached hydrogens (tertiary/aromatic N) is 2. The fourth-order valence-electron chi connectivity index (χ4n) is 2.02. The van der Waals surface area contributed by atoms with Crippen LogP contribution in [0.3, 0.4) is 0 Å². The number of benzene rings is 1. The third-order valence-electron chi connectivity index (χ3n) is 3.07. The molecule has 0 amide bonds. The van der Waals surface area contributed by atoms with Gasteiger partial charge < -0.3 is 16.2 Å². The number of nitrogens with two attached hydrogens (primary N) is 1. The Kier molecular flexibility index (Phi) is 5.60. The molecule has 4 N–H and O–H groups in total. The van der Waals surface area contributed by atoms with Crippen LogP contribution in [0.25, 0.3) is 16.5 Å². The lowest BCUT2D eigenvalue weighted by Gasteiger charge is -2.12. The van der Waals surface area contributed by atoms with Gasteiger partial charge in [0.15, 0.2) is 5.82 Å². The molecule has 2 rings (SSSR count). The first-order valence-corrected chi connectivity index (χ1v) is 7.56. The van der Waals surface area contributed by atoms with Crippen molar-refractivity contribution in [2.75, 3.05) is 18.4 Å². The second-order valence-corrected chi connectivity index (χ2v) is 5.45. The van der Waals surface area contributed by atoms with E-state index in [4.69, 9.17) is 28.9 Å². The summed E-state index contributed by atoms with van der Waals surface area (Å²) in [6.45, 7) is 8.14. The molecule has 1 aromatic heterocycles. The molecule has 1 heterocycles. The smallest absolute Gasteiger partial charge is 0.165 e. The molecule has 0 atom stereocenters. The van der Waals surface area contributed by atoms with Gasteiger partial charge in [-0.2, -0.15) is 0 Å². The Morgan fingerprint density at radius 2 is 2.00 bits per heavy atom. The van der Waals surface area contributed by atoms with Crippen molar-refractivity contribution in [3.63, 3.8) is 0 Å². The van der Waals surface area contributed by atoms with E-state index in [1.165, 1.54) is 12.2 Å². The van der Waals surface area contributed by atoms with Gasteiger partial charge in [0.2, 0.25) is 0 Å². The molecule has 0 aliphatic heterocycles. The predicted octanol–water partition coefficient (Wildman–Crippen LogP) is 3.95. The van der Waals surface area contributed by atoms with E-state index in [0.717, 1.165) is 0 Å². The fraction of sp³-hybridized carbons (Fsp3) is 0.125. The number of fused-ring (bicyclic) bond motifs is 1. The summed E-state index contributed by atoms with van der Waals surface area (Å²) >= 11 is 12.3. The second-order valence-electron chi connectivity index (χ2n) is 4.60. The van der Waals surface area contributed by atoms with Crippen LogP contribution in [0.15, 0.2) is 43.2 Å². The number of aliphatic hydroxyl groups excluding tert-OH is 1. The van der Waals surface area contributed by atoms with Gasteiger partial charge in [-0.1, -0.05) is 42.4 Å². The van der Waals surface area contributed by atoms with Crippen LogP contribution in [0.4, 0.5) is 5.82 Å². The highest BCUT2D eigenvalue weighted by Crippen LogP contribution is 2.32. The fourth-order valence-corrected chi connectivity index (χ4v) is 2.56. The average Bonchev–Trinajstić information content (AvgIpc) is 2.53. The normalized spacial score (nSPS) is 12.0. The molecule has 0 aliphatic rings. The molecule has 120 valence electrons. The van der Waals surface area contributed by atoms with Gasteiger partial charge in [0.05, 0.1) is 16.1 Å². The van der Waals surface area contributed by atoms with Crippen molar-refractivity contribution in [1.82, 2.24) is 9.97 Å². The van der Waals surface area contributed by atoms with Crippen LogP contribution in [-0.4, -0.2) is 28.2 Å². The third-order valence-corrected chi connectivity index (χ3v) is 3.58. The van der Waals surface area contributed by atoms with Crippen LogP contribution in [0, 0.1) is 0 Å². The Morgan fingerprint density at radius 1 is 1.26 bits per heavy atom. The summed E-state index contributed by atoms with van der Waals surface area (Å²) in [7, 11) is 0. The van der Waals surface area contributed by atoms with Gasteiger partial charge in [-0.3, -0.25) is 0 Å². The monoisotopic (exact) mass is 350 g/mol. The van der Waals surface area contributed by atoms with Gasteiger partial charge in [0.1, 0.15) is 11.6 Å². The van der Waals surface area contributed by atoms with Crippen LogP contribution >= 0.6 is 23.2 Å². The molecule has 0 unspecified atom stereocenters. The summed E-state index contributed by atoms with van der Waals surface area (Å²) in [4.78, 5) is 8.84. The van der Waals surface area contributed by atoms with Gasteiger partial charge in [0, 0.05) is 23.5 Å². The maximum atomic E-state index is 9.94. The lowest BCUT2D eigenvalue weighted by atomic mass is 10.1. The van der Waals surface area contributed by atoms with E-state index in [2.05, 4.69) is 28.4 Å². The minimum absolute atomic E-state index is 0.0748. The highest BCUT2D eigenvalue weighted by atomic mass is 35.5. The maximum Gasteiger partial charge on any atom is 0.165 e. The molecule has 1 aromatic carbocycles. The van der Waals surface area contributed by atoms with E-state index < -0.39 is 0 Å². The van der Waals surface area contributed by atoms with Crippen LogP contribution in [0.5, 0.6) is 0 Å². The van der Waals surface area contributed by atoms with Crippen LogP contribution in [0.2, 0.25) is 10.0 Å². The number of hydrogen-bond donors (Lipinski definition) is 3. The molecule has 0 spiro atoms. The molecule has 0 bridgehead atoms. The summed E-state index contributed by atoms with van der Waals surface area (Å²) in [6.07, 6.45) is 2.75. The van der Waals surface area contributed by atoms with E-state index in [1.807, 2.05) is 0 Å². The van der Waals surface area contributed by atoms with Gasteiger partial charge in [-0.05, 0) is 18.2 Å². The zero-order valence-electron chi connectivity index (χ0n) is 12.3. The molecule has 5 nitrogen and oxygen atoms in total. The topological polar surface area (TPSA) is 84.1 Å². The van der Waals surface area contributed by atoms with E-state index in [1.54, 1.807) is 12.1 Å². The number of rotatable bonds is 6. The molecule has 23 heavy (non-hydrogen) atoms. The summed E-state index contributed by atoms with van der Waals surface area (Å²) in [5, 5.41) is 14.6. The Labute approximate surface area is 144 Å². The number of hydrogen-bond acceptors (Lipinski definition) is 5. The molecule has 0 aliphatic carbocycles. The number of halogens is 2. The number of anilines is 1. The van der Waals surface area contributed by atoms with Gasteiger partial charge in [0.25, 0.3) is 0 Å². The number of allylic oxidation sites excluding steroid dienone is 3. The first-order chi connectivity index (χ1) is 11.0. The Hall–Kier alpha value is -2.08. The minimum Gasteiger partial charge on any atom is -0.507 e. The van der Waals surface area contributed by atoms with Crippen molar-refractivity contribution in [2.45, 2.75) is 0 Å². The lowest BCUT2D eigenvalue weighted by molar-refractivity contribution is 0.435. The second kappa shape index (κ2) is 7.46. The van der Waals surface area contributed by atoms with Crippen molar-refractivity contribution in [3.8, 4) is 0 Å². The van der Waals surface area contributed by atoms with Crippen LogP contribution in [-0.2, 0) is 0 Å². The SMILES string of the molecule is C=C/C(O)=C(\C=C)c1nc(NCCN)c2cc(Cl)cc(Cl)c2n1. The van der Waals surface area contributed by atoms with Crippen molar-refractivity contribution in [3.05, 3.63) is 59.1 Å². The van der Waals surface area contributed by atoms with Crippen molar-refractivity contribution in [2.24, 2.45) is 5.73 Å². The lowest BCUT2D eigenvalue weighted by Crippen LogP contribution is -2.15. The van der Waals surface area contributed by atoms with E-state index in [0.29, 0.717) is 45.4 Å². The van der Waals surface area contributed by atoms with Crippen molar-refractivity contribution in [1.29, 1.82) is 0 Å². The molecule has 2 aromatic rings. The Bertz CT molecular complexity index is 802. The zero-order valence-corrected chi connectivity index (χ0v) is 13.8. The maximum absolute atomic E-state index is 9.94. The molecule has 0 radical (unpaired) electrons. The van der Waals surface area contributed by atoms with Crippen molar-refractivity contribution >= 4 is 45.5 Å². The standard InChI is InChI=1S/C16H16Cl2N4O/c1-3-10(13(23)4-2)16-21-14-11(7-9(17)8-12(14)18)15(22-16)20-6-5-19/h3-4,7-8,23H,1-2,5-6,19H2,(H,20,21,22)/b13-10-. The highest BCUT2D eigenvalue weighted by molar-refractivity contribution is 6.38. The molecule has 0 saturated heterocycles. The molecular formula is C16H16Cl2N4O. The molecule has 7 heteroatoms. The summed E-state index contributed by atoms with van der Waals surface area (Å²) in [6, 6.07) is 3.32. The summed E-state index contributed by atoms with van der Waals surface area (Å²) < 4.78 is 0. The molecular weight excluding hydrogens is 335 g/mol. The van der Waals surface area contributed by atoms with Crippen LogP contribution in [0.1, 0.15) is 5.82 Å². The van der Waals surface area contributed by atoms with E-state index in [-0.39, 0.29) is 11.6 Å².